The molecule has 0 spiro atoms. The average Bonchev–Trinajstić information content (AvgIpc) is 3.01. The Morgan fingerprint density at radius 3 is 2.74 bits per heavy atom. The molecular weight excluding hydrogens is 242 g/mol. The van der Waals surface area contributed by atoms with E-state index in [0.717, 1.165) is 29.1 Å². The first-order valence-electron chi connectivity index (χ1n) is 5.85. The number of aldehydes is 2. The number of carbonyl (C=O) groups excluding carboxylic acids is 2. The van der Waals surface area contributed by atoms with Crippen LogP contribution in [0.3, 0.4) is 0 Å². The fourth-order valence-electron chi connectivity index (χ4n) is 2.23. The Kier molecular flexibility index (Phi) is 2.56. The molecule has 0 fully saturated rings. The summed E-state index contributed by atoms with van der Waals surface area (Å²) >= 11 is 0. The third kappa shape index (κ3) is 1.69. The molecule has 3 aromatic rings. The Balaban J connectivity index is 2.25. The summed E-state index contributed by atoms with van der Waals surface area (Å²) in [6.45, 7) is 1.75. The van der Waals surface area contributed by atoms with E-state index in [0.29, 0.717) is 22.5 Å². The zero-order valence-electron chi connectivity index (χ0n) is 10.3. The number of fused-ring (bicyclic) bond motifs is 1. The molecule has 0 radical (unpaired) electrons. The van der Waals surface area contributed by atoms with E-state index < -0.39 is 0 Å². The molecule has 19 heavy (non-hydrogen) atoms. The number of nitrogens with one attached hydrogen (secondary N) is 1. The predicted octanol–water partition coefficient (Wildman–Crippen LogP) is 3.36. The molecule has 0 atom stereocenters. The number of carbonyl (C=O) groups is 2. The second kappa shape index (κ2) is 4.24. The van der Waals surface area contributed by atoms with Gasteiger partial charge in [0.25, 0.3) is 0 Å². The number of aromatic amines is 1. The minimum absolute atomic E-state index is 0.427. The molecule has 4 nitrogen and oxygen atoms in total. The topological polar surface area (TPSA) is 63.1 Å². The van der Waals surface area contributed by atoms with Gasteiger partial charge in [-0.1, -0.05) is 12.1 Å². The van der Waals surface area contributed by atoms with Crippen molar-refractivity contribution in [2.24, 2.45) is 0 Å². The van der Waals surface area contributed by atoms with Crippen LogP contribution in [0.2, 0.25) is 0 Å². The number of furan rings is 1. The number of hydrogen-bond acceptors (Lipinski definition) is 3. The van der Waals surface area contributed by atoms with E-state index in [2.05, 4.69) is 4.98 Å². The van der Waals surface area contributed by atoms with Gasteiger partial charge in [-0.15, -0.1) is 0 Å². The zero-order valence-corrected chi connectivity index (χ0v) is 10.3. The molecule has 1 aromatic carbocycles. The Morgan fingerprint density at radius 1 is 1.16 bits per heavy atom. The van der Waals surface area contributed by atoms with Crippen molar-refractivity contribution in [2.45, 2.75) is 6.92 Å². The number of aromatic nitrogens is 1. The van der Waals surface area contributed by atoms with Crippen LogP contribution in [0.1, 0.15) is 26.4 Å². The molecule has 2 heterocycles. The summed E-state index contributed by atoms with van der Waals surface area (Å²) in [5.41, 5.74) is 3.81. The quantitative estimate of drug-likeness (QED) is 0.728. The minimum atomic E-state index is 0.427. The molecule has 0 saturated carbocycles. The van der Waals surface area contributed by atoms with Gasteiger partial charge in [0.15, 0.2) is 12.6 Å². The molecule has 0 aliphatic heterocycles. The van der Waals surface area contributed by atoms with Gasteiger partial charge in [0.2, 0.25) is 0 Å². The van der Waals surface area contributed by atoms with Gasteiger partial charge < -0.3 is 9.40 Å². The van der Waals surface area contributed by atoms with Crippen molar-refractivity contribution in [1.82, 2.24) is 4.98 Å². The van der Waals surface area contributed by atoms with Crippen LogP contribution in [0.25, 0.3) is 22.2 Å². The van der Waals surface area contributed by atoms with Gasteiger partial charge in [-0.05, 0) is 24.6 Å². The maximum atomic E-state index is 11.2. The maximum Gasteiger partial charge on any atom is 0.166 e. The molecule has 0 saturated heterocycles. The van der Waals surface area contributed by atoms with E-state index in [1.807, 2.05) is 24.3 Å². The first-order valence-corrected chi connectivity index (χ1v) is 5.85. The van der Waals surface area contributed by atoms with Crippen molar-refractivity contribution in [2.75, 3.05) is 0 Å². The number of rotatable bonds is 3. The van der Waals surface area contributed by atoms with Crippen LogP contribution in [0.4, 0.5) is 0 Å². The van der Waals surface area contributed by atoms with Crippen molar-refractivity contribution in [3.63, 3.8) is 0 Å². The van der Waals surface area contributed by atoms with E-state index in [4.69, 9.17) is 4.42 Å². The highest BCUT2D eigenvalue weighted by molar-refractivity contribution is 5.94. The lowest BCUT2D eigenvalue weighted by atomic mass is 10.0. The first-order chi connectivity index (χ1) is 9.24. The average molecular weight is 253 g/mol. The minimum Gasteiger partial charge on any atom is -0.464 e. The highest BCUT2D eigenvalue weighted by atomic mass is 16.3. The van der Waals surface area contributed by atoms with Crippen LogP contribution in [0.5, 0.6) is 0 Å². The third-order valence-corrected chi connectivity index (χ3v) is 3.32. The second-order valence-corrected chi connectivity index (χ2v) is 4.36. The Bertz CT molecular complexity index is 780. The van der Waals surface area contributed by atoms with Crippen LogP contribution in [-0.4, -0.2) is 17.6 Å². The van der Waals surface area contributed by atoms with E-state index >= 15 is 0 Å². The molecule has 94 valence electrons. The van der Waals surface area contributed by atoms with Crippen LogP contribution in [-0.2, 0) is 0 Å². The molecule has 0 bridgehead atoms. The predicted molar refractivity (Wildman–Crippen MR) is 71.5 cm³/mol. The highest BCUT2D eigenvalue weighted by Gasteiger charge is 2.15. The van der Waals surface area contributed by atoms with Crippen LogP contribution in [0, 0.1) is 6.92 Å². The lowest BCUT2D eigenvalue weighted by molar-refractivity contribution is 0.111. The van der Waals surface area contributed by atoms with E-state index in [1.54, 1.807) is 13.2 Å². The van der Waals surface area contributed by atoms with Gasteiger partial charge >= 0.3 is 0 Å². The number of benzene rings is 1. The Hall–Kier alpha value is -2.62. The molecule has 3 rings (SSSR count). The van der Waals surface area contributed by atoms with Crippen molar-refractivity contribution >= 4 is 23.5 Å². The molecule has 0 aliphatic rings. The number of H-pyrrole nitrogens is 1. The van der Waals surface area contributed by atoms with Crippen molar-refractivity contribution in [3.05, 3.63) is 47.3 Å². The summed E-state index contributed by atoms with van der Waals surface area (Å²) in [5, 5.41) is 0.996. The lowest BCUT2D eigenvalue weighted by Gasteiger charge is -2.00. The molecule has 2 aromatic heterocycles. The van der Waals surface area contributed by atoms with E-state index in [-0.39, 0.29) is 0 Å². The van der Waals surface area contributed by atoms with E-state index in [9.17, 15) is 9.59 Å². The Labute approximate surface area is 109 Å². The smallest absolute Gasteiger partial charge is 0.166 e. The fraction of sp³-hybridized carbons (Fsp3) is 0.0667. The summed E-state index contributed by atoms with van der Waals surface area (Å²) in [4.78, 5) is 25.1. The van der Waals surface area contributed by atoms with Crippen LogP contribution in [0.15, 0.2) is 34.9 Å². The summed E-state index contributed by atoms with van der Waals surface area (Å²) < 4.78 is 5.35. The van der Waals surface area contributed by atoms with Crippen molar-refractivity contribution in [1.29, 1.82) is 0 Å². The fourth-order valence-corrected chi connectivity index (χ4v) is 2.23. The number of hydrogen-bond donors (Lipinski definition) is 1. The lowest BCUT2D eigenvalue weighted by Crippen LogP contribution is -1.85. The highest BCUT2D eigenvalue weighted by Crippen LogP contribution is 2.29. The monoisotopic (exact) mass is 253 g/mol. The maximum absolute atomic E-state index is 11.2. The first kappa shape index (κ1) is 11.5. The summed E-state index contributed by atoms with van der Waals surface area (Å²) in [6.07, 6.45) is 3.10. The van der Waals surface area contributed by atoms with Crippen molar-refractivity contribution in [3.8, 4) is 11.3 Å². The molecule has 0 amide bonds. The van der Waals surface area contributed by atoms with Gasteiger partial charge in [-0.3, -0.25) is 9.59 Å². The summed E-state index contributed by atoms with van der Waals surface area (Å²) in [6, 6.07) is 7.53. The molecule has 0 unspecified atom stereocenters. The van der Waals surface area contributed by atoms with Gasteiger partial charge in [0.05, 0.1) is 17.7 Å². The molecular formula is C15H11NO3. The standard InChI is InChI=1S/C15H11NO3/c1-9-12(7-17)15(16-13(9)8-18)11-3-2-10-4-5-19-14(10)6-11/h2-8,16H,1H3. The van der Waals surface area contributed by atoms with Gasteiger partial charge in [-0.25, -0.2) is 0 Å². The third-order valence-electron chi connectivity index (χ3n) is 3.32. The summed E-state index contributed by atoms with van der Waals surface area (Å²) in [7, 11) is 0. The SMILES string of the molecule is Cc1c(C=O)[nH]c(-c2ccc3ccoc3c2)c1C=O. The van der Waals surface area contributed by atoms with Gasteiger partial charge in [0.1, 0.15) is 5.58 Å². The van der Waals surface area contributed by atoms with Crippen LogP contribution < -0.4 is 0 Å². The van der Waals surface area contributed by atoms with Crippen LogP contribution >= 0.6 is 0 Å². The largest absolute Gasteiger partial charge is 0.464 e. The summed E-state index contributed by atoms with van der Waals surface area (Å²) in [5.74, 6) is 0. The second-order valence-electron chi connectivity index (χ2n) is 4.36. The molecule has 0 aliphatic carbocycles. The van der Waals surface area contributed by atoms with E-state index in [1.165, 1.54) is 0 Å². The normalized spacial score (nSPS) is 10.8. The molecule has 1 N–H and O–H groups in total. The molecule has 4 heteroatoms. The van der Waals surface area contributed by atoms with Gasteiger partial charge in [-0.2, -0.15) is 0 Å². The van der Waals surface area contributed by atoms with Gasteiger partial charge in [0, 0.05) is 16.5 Å². The Morgan fingerprint density at radius 2 is 2.00 bits per heavy atom. The van der Waals surface area contributed by atoms with Crippen molar-refractivity contribution < 1.29 is 14.0 Å². The zero-order chi connectivity index (χ0) is 13.4.